The summed E-state index contributed by atoms with van der Waals surface area (Å²) in [6, 6.07) is 14.9. The zero-order chi connectivity index (χ0) is 14.4. The van der Waals surface area contributed by atoms with Crippen LogP contribution in [0.4, 0.5) is 4.39 Å². The van der Waals surface area contributed by atoms with E-state index in [1.165, 1.54) is 6.07 Å². The van der Waals surface area contributed by atoms with Crippen LogP contribution in [-0.4, -0.2) is 17.4 Å². The van der Waals surface area contributed by atoms with E-state index in [-0.39, 0.29) is 17.1 Å². The van der Waals surface area contributed by atoms with Gasteiger partial charge in [-0.3, -0.25) is 4.79 Å². The maximum Gasteiger partial charge on any atom is 0.235 e. The van der Waals surface area contributed by atoms with Crippen molar-refractivity contribution < 1.29 is 9.18 Å². The number of amides is 1. The highest BCUT2D eigenvalue weighted by molar-refractivity contribution is 5.95. The smallest absolute Gasteiger partial charge is 0.235 e. The second-order valence-electron chi connectivity index (χ2n) is 6.03. The Morgan fingerprint density at radius 2 is 1.95 bits per heavy atom. The molecule has 0 saturated carbocycles. The van der Waals surface area contributed by atoms with Crippen LogP contribution in [0.3, 0.4) is 0 Å². The zero-order valence-electron chi connectivity index (χ0n) is 11.7. The number of nitrogens with zero attached hydrogens (tertiary/aromatic N) is 1. The van der Waals surface area contributed by atoms with E-state index in [1.807, 2.05) is 35.2 Å². The predicted octanol–water partition coefficient (Wildman–Crippen LogP) is 3.05. The number of hydrogen-bond acceptors (Lipinski definition) is 1. The third kappa shape index (κ3) is 1.80. The summed E-state index contributed by atoms with van der Waals surface area (Å²) in [6.07, 6.45) is 1.62. The van der Waals surface area contributed by atoms with Gasteiger partial charge >= 0.3 is 0 Å². The topological polar surface area (TPSA) is 20.3 Å². The molecule has 1 heterocycles. The number of fused-ring (bicyclic) bond motifs is 2. The third-order valence-electron chi connectivity index (χ3n) is 4.78. The van der Waals surface area contributed by atoms with E-state index in [0.29, 0.717) is 6.54 Å². The second kappa shape index (κ2) is 4.42. The van der Waals surface area contributed by atoms with Crippen molar-refractivity contribution in [1.82, 2.24) is 4.90 Å². The maximum atomic E-state index is 13.3. The van der Waals surface area contributed by atoms with Crippen LogP contribution < -0.4 is 0 Å². The summed E-state index contributed by atoms with van der Waals surface area (Å²) in [6.45, 7) is 1.41. The minimum atomic E-state index is -0.377. The number of likely N-dealkylation sites (tertiary alicyclic amines) is 1. The molecule has 0 bridgehead atoms. The molecule has 1 saturated heterocycles. The Bertz CT molecular complexity index is 712. The first-order chi connectivity index (χ1) is 10.2. The number of carbonyl (C=O) groups is 1. The molecule has 0 N–H and O–H groups in total. The van der Waals surface area contributed by atoms with Crippen molar-refractivity contribution in [3.63, 3.8) is 0 Å². The average molecular weight is 281 g/mol. The summed E-state index contributed by atoms with van der Waals surface area (Å²) < 4.78 is 13.3. The Labute approximate surface area is 123 Å². The van der Waals surface area contributed by atoms with Crippen molar-refractivity contribution >= 4 is 5.91 Å². The fraction of sp³-hybridized carbons (Fsp3) is 0.278. The molecule has 2 nitrogen and oxygen atoms in total. The number of carbonyl (C=O) groups excluding carboxylic acids is 1. The van der Waals surface area contributed by atoms with Crippen molar-refractivity contribution in [2.24, 2.45) is 0 Å². The van der Waals surface area contributed by atoms with Gasteiger partial charge in [-0.1, -0.05) is 36.4 Å². The summed E-state index contributed by atoms with van der Waals surface area (Å²) in [7, 11) is 0. The molecule has 1 unspecified atom stereocenters. The van der Waals surface area contributed by atoms with Crippen LogP contribution in [0.5, 0.6) is 0 Å². The first kappa shape index (κ1) is 12.6. The van der Waals surface area contributed by atoms with Gasteiger partial charge in [0.15, 0.2) is 0 Å². The van der Waals surface area contributed by atoms with Gasteiger partial charge in [0.1, 0.15) is 5.82 Å². The van der Waals surface area contributed by atoms with Gasteiger partial charge in [0.2, 0.25) is 5.91 Å². The number of β-lactam (4-membered cyclic amide) rings is 1. The molecular formula is C18H16FNO. The molecule has 1 fully saturated rings. The lowest BCUT2D eigenvalue weighted by Gasteiger charge is -2.47. The van der Waals surface area contributed by atoms with E-state index in [4.69, 9.17) is 0 Å². The molecule has 1 spiro atoms. The first-order valence-electron chi connectivity index (χ1n) is 7.31. The largest absolute Gasteiger partial charge is 0.336 e. The van der Waals surface area contributed by atoms with Gasteiger partial charge in [-0.05, 0) is 41.7 Å². The molecule has 106 valence electrons. The number of hydrogen-bond donors (Lipinski definition) is 0. The van der Waals surface area contributed by atoms with Gasteiger partial charge in [0.25, 0.3) is 0 Å². The Kier molecular flexibility index (Phi) is 2.64. The van der Waals surface area contributed by atoms with Crippen LogP contribution in [0.1, 0.15) is 23.1 Å². The predicted molar refractivity (Wildman–Crippen MR) is 78.3 cm³/mol. The molecule has 1 amide bonds. The summed E-state index contributed by atoms with van der Waals surface area (Å²) in [5.41, 5.74) is 2.82. The molecule has 2 aromatic rings. The van der Waals surface area contributed by atoms with Gasteiger partial charge in [-0.2, -0.15) is 0 Å². The van der Waals surface area contributed by atoms with E-state index in [1.54, 1.807) is 12.1 Å². The lowest BCUT2D eigenvalue weighted by atomic mass is 9.73. The van der Waals surface area contributed by atoms with Gasteiger partial charge in [0, 0.05) is 13.1 Å². The van der Waals surface area contributed by atoms with Crippen LogP contribution in [0, 0.1) is 5.82 Å². The molecule has 4 rings (SSSR count). The van der Waals surface area contributed by atoms with Crippen molar-refractivity contribution in [2.75, 3.05) is 6.54 Å². The molecule has 0 aromatic heterocycles. The molecule has 3 heteroatoms. The van der Waals surface area contributed by atoms with Gasteiger partial charge in [-0.25, -0.2) is 4.39 Å². The summed E-state index contributed by atoms with van der Waals surface area (Å²) in [4.78, 5) is 14.6. The Morgan fingerprint density at radius 1 is 1.14 bits per heavy atom. The summed E-state index contributed by atoms with van der Waals surface area (Å²) >= 11 is 0. The molecule has 2 aliphatic rings. The zero-order valence-corrected chi connectivity index (χ0v) is 11.7. The fourth-order valence-corrected chi connectivity index (χ4v) is 3.71. The van der Waals surface area contributed by atoms with Crippen LogP contribution in [0.15, 0.2) is 48.5 Å². The summed E-state index contributed by atoms with van der Waals surface area (Å²) in [5.74, 6) is -0.0181. The molecule has 1 aliphatic heterocycles. The summed E-state index contributed by atoms with van der Waals surface area (Å²) in [5, 5.41) is 0. The van der Waals surface area contributed by atoms with E-state index < -0.39 is 0 Å². The second-order valence-corrected chi connectivity index (χ2v) is 6.03. The van der Waals surface area contributed by atoms with Crippen LogP contribution in [0.2, 0.25) is 0 Å². The monoisotopic (exact) mass is 281 g/mol. The number of halogens is 1. The molecular weight excluding hydrogens is 265 g/mol. The Morgan fingerprint density at radius 3 is 2.71 bits per heavy atom. The highest BCUT2D eigenvalue weighted by Gasteiger charge is 2.55. The number of rotatable bonds is 2. The number of aryl methyl sites for hydroxylation is 1. The van der Waals surface area contributed by atoms with Gasteiger partial charge in [0.05, 0.1) is 5.41 Å². The van der Waals surface area contributed by atoms with Crippen molar-refractivity contribution in [3.05, 3.63) is 71.0 Å². The molecule has 1 aliphatic carbocycles. The van der Waals surface area contributed by atoms with Crippen molar-refractivity contribution in [1.29, 1.82) is 0 Å². The molecule has 1 atom stereocenters. The van der Waals surface area contributed by atoms with E-state index in [2.05, 4.69) is 0 Å². The van der Waals surface area contributed by atoms with Crippen LogP contribution >= 0.6 is 0 Å². The van der Waals surface area contributed by atoms with Crippen molar-refractivity contribution in [3.8, 4) is 0 Å². The fourth-order valence-electron chi connectivity index (χ4n) is 3.71. The Balaban J connectivity index is 1.57. The third-order valence-corrected chi connectivity index (χ3v) is 4.78. The molecule has 2 aromatic carbocycles. The van der Waals surface area contributed by atoms with Crippen LogP contribution in [0.25, 0.3) is 0 Å². The molecule has 0 radical (unpaired) electrons. The lowest BCUT2D eigenvalue weighted by Crippen LogP contribution is -2.62. The van der Waals surface area contributed by atoms with Crippen LogP contribution in [-0.2, 0) is 23.2 Å². The van der Waals surface area contributed by atoms with E-state index in [9.17, 15) is 9.18 Å². The van der Waals surface area contributed by atoms with Crippen molar-refractivity contribution in [2.45, 2.75) is 24.8 Å². The normalized spacial score (nSPS) is 23.3. The minimum Gasteiger partial charge on any atom is -0.336 e. The van der Waals surface area contributed by atoms with Gasteiger partial charge in [-0.15, -0.1) is 0 Å². The first-order valence-corrected chi connectivity index (χ1v) is 7.31. The lowest BCUT2D eigenvalue weighted by molar-refractivity contribution is -0.152. The van der Waals surface area contributed by atoms with E-state index >= 15 is 0 Å². The standard InChI is InChI=1S/C18H16FNO/c19-15-6-7-16-14(10-15)8-9-18(16)12-20(17(18)21)11-13-4-2-1-3-5-13/h1-7,10H,8-9,11-12H2. The Hall–Kier alpha value is -2.16. The molecule has 21 heavy (non-hydrogen) atoms. The highest BCUT2D eigenvalue weighted by atomic mass is 19.1. The van der Waals surface area contributed by atoms with E-state index in [0.717, 1.165) is 36.1 Å². The number of benzene rings is 2. The maximum absolute atomic E-state index is 13.3. The minimum absolute atomic E-state index is 0.191. The highest BCUT2D eigenvalue weighted by Crippen LogP contribution is 2.47. The quantitative estimate of drug-likeness (QED) is 0.775. The average Bonchev–Trinajstić information content (AvgIpc) is 2.88. The van der Waals surface area contributed by atoms with Gasteiger partial charge < -0.3 is 4.90 Å². The SMILES string of the molecule is O=C1N(Cc2ccccc2)CC12CCc1cc(F)ccc12.